The van der Waals surface area contributed by atoms with E-state index in [4.69, 9.17) is 16.3 Å². The highest BCUT2D eigenvalue weighted by Crippen LogP contribution is 2.35. The fourth-order valence-corrected chi connectivity index (χ4v) is 5.00. The lowest BCUT2D eigenvalue weighted by atomic mass is 10.0. The Balaban J connectivity index is 1.33. The van der Waals surface area contributed by atoms with E-state index in [-0.39, 0.29) is 35.2 Å². The van der Waals surface area contributed by atoms with Crippen LogP contribution >= 0.6 is 22.9 Å². The first-order valence-electron chi connectivity index (χ1n) is 11.1. The Bertz CT molecular complexity index is 1530. The van der Waals surface area contributed by atoms with E-state index < -0.39 is 18.2 Å². The number of rotatable bonds is 6. The van der Waals surface area contributed by atoms with E-state index in [1.54, 1.807) is 19.1 Å². The molecule has 0 bridgehead atoms. The summed E-state index contributed by atoms with van der Waals surface area (Å²) in [5.74, 6) is -0.665. The Morgan fingerprint density at radius 2 is 1.84 bits per heavy atom. The Morgan fingerprint density at radius 1 is 1.08 bits per heavy atom. The first kappa shape index (κ1) is 25.5. The van der Waals surface area contributed by atoms with Crippen molar-refractivity contribution in [1.82, 2.24) is 29.8 Å². The summed E-state index contributed by atoms with van der Waals surface area (Å²) in [7, 11) is 1.50. The fraction of sp³-hybridized carbons (Fsp3) is 0.208. The summed E-state index contributed by atoms with van der Waals surface area (Å²) in [6.07, 6.45) is 2.10. The Hall–Kier alpha value is -4.10. The van der Waals surface area contributed by atoms with E-state index in [1.807, 2.05) is 0 Å². The summed E-state index contributed by atoms with van der Waals surface area (Å²) >= 11 is 7.33. The standard InChI is InChI=1S/C24H18ClF2N7O3S/c1-11-3-13(14-4-19(25)29-8-17(14)37-2)15(7-28-11)22(35)33-24-32-16-9-34(10-18(16)38-24)23(36)21-30-5-12(6-31-21)20(26)27/h3-8,20H,9-10H2,1-2H3,(H,32,33,35). The van der Waals surface area contributed by atoms with Gasteiger partial charge < -0.3 is 9.64 Å². The van der Waals surface area contributed by atoms with Crippen LogP contribution in [0, 0.1) is 6.92 Å². The Kier molecular flexibility index (Phi) is 6.95. The lowest BCUT2D eigenvalue weighted by Gasteiger charge is -2.14. The maximum Gasteiger partial charge on any atom is 0.292 e. The van der Waals surface area contributed by atoms with Crippen LogP contribution < -0.4 is 10.1 Å². The van der Waals surface area contributed by atoms with Crippen molar-refractivity contribution in [2.45, 2.75) is 26.4 Å². The van der Waals surface area contributed by atoms with Crippen LogP contribution in [-0.2, 0) is 13.1 Å². The molecule has 0 radical (unpaired) electrons. The Labute approximate surface area is 223 Å². The number of nitrogens with one attached hydrogen (secondary N) is 1. The molecule has 5 rings (SSSR count). The molecule has 194 valence electrons. The van der Waals surface area contributed by atoms with Crippen LogP contribution in [0.15, 0.2) is 36.9 Å². The number of carbonyl (C=O) groups is 2. The quantitative estimate of drug-likeness (QED) is 0.338. The second-order valence-electron chi connectivity index (χ2n) is 8.22. The summed E-state index contributed by atoms with van der Waals surface area (Å²) < 4.78 is 30.9. The largest absolute Gasteiger partial charge is 0.494 e. The lowest BCUT2D eigenvalue weighted by Crippen LogP contribution is -2.27. The molecule has 1 aliphatic heterocycles. The SMILES string of the molecule is COc1cnc(Cl)cc1-c1cc(C)ncc1C(=O)Nc1nc2c(s1)CN(C(=O)c1ncc(C(F)F)cn1)C2. The molecule has 0 aromatic carbocycles. The van der Waals surface area contributed by atoms with Crippen molar-refractivity contribution in [3.8, 4) is 16.9 Å². The number of amides is 2. The third-order valence-electron chi connectivity index (χ3n) is 5.71. The number of methoxy groups -OCH3 is 1. The van der Waals surface area contributed by atoms with Crippen molar-refractivity contribution in [2.24, 2.45) is 0 Å². The molecule has 14 heteroatoms. The van der Waals surface area contributed by atoms with Crippen LogP contribution in [-0.4, -0.2) is 48.7 Å². The van der Waals surface area contributed by atoms with Crippen LogP contribution in [0.3, 0.4) is 0 Å². The summed E-state index contributed by atoms with van der Waals surface area (Å²) in [6.45, 7) is 2.20. The van der Waals surface area contributed by atoms with Gasteiger partial charge in [-0.1, -0.05) is 22.9 Å². The number of alkyl halides is 2. The third-order valence-corrected chi connectivity index (χ3v) is 6.91. The number of nitrogens with zero attached hydrogens (tertiary/aromatic N) is 6. The first-order chi connectivity index (χ1) is 18.2. The van der Waals surface area contributed by atoms with E-state index >= 15 is 0 Å². The van der Waals surface area contributed by atoms with Crippen molar-refractivity contribution < 1.29 is 23.1 Å². The zero-order valence-electron chi connectivity index (χ0n) is 19.9. The van der Waals surface area contributed by atoms with Gasteiger partial charge in [-0.3, -0.25) is 19.9 Å². The normalized spacial score (nSPS) is 12.5. The zero-order chi connectivity index (χ0) is 27.0. The molecule has 1 N–H and O–H groups in total. The topological polar surface area (TPSA) is 123 Å². The second kappa shape index (κ2) is 10.3. The summed E-state index contributed by atoms with van der Waals surface area (Å²) in [5.41, 5.74) is 2.39. The zero-order valence-corrected chi connectivity index (χ0v) is 21.5. The number of ether oxygens (including phenoxy) is 1. The highest BCUT2D eigenvalue weighted by Gasteiger charge is 2.30. The van der Waals surface area contributed by atoms with Gasteiger partial charge in [0.15, 0.2) is 5.13 Å². The lowest BCUT2D eigenvalue weighted by molar-refractivity contribution is 0.0737. The van der Waals surface area contributed by atoms with Crippen molar-refractivity contribution in [3.63, 3.8) is 0 Å². The number of aryl methyl sites for hydroxylation is 1. The number of halogens is 3. The van der Waals surface area contributed by atoms with E-state index in [0.717, 1.165) is 17.3 Å². The number of pyridine rings is 2. The molecule has 2 amide bonds. The molecule has 4 aromatic rings. The van der Waals surface area contributed by atoms with Crippen LogP contribution in [0.4, 0.5) is 13.9 Å². The van der Waals surface area contributed by atoms with E-state index in [9.17, 15) is 18.4 Å². The second-order valence-corrected chi connectivity index (χ2v) is 9.69. The summed E-state index contributed by atoms with van der Waals surface area (Å²) in [6, 6.07) is 3.37. The molecule has 0 unspecified atom stereocenters. The minimum atomic E-state index is -2.72. The molecule has 0 saturated carbocycles. The highest BCUT2D eigenvalue weighted by atomic mass is 35.5. The average molecular weight is 558 g/mol. The van der Waals surface area contributed by atoms with Crippen LogP contribution in [0.25, 0.3) is 11.1 Å². The molecule has 5 heterocycles. The van der Waals surface area contributed by atoms with Crippen molar-refractivity contribution >= 4 is 39.9 Å². The van der Waals surface area contributed by atoms with Gasteiger partial charge in [0.1, 0.15) is 10.9 Å². The maximum absolute atomic E-state index is 13.3. The fourth-order valence-electron chi connectivity index (χ4n) is 3.86. The number of anilines is 1. The van der Waals surface area contributed by atoms with Crippen molar-refractivity contribution in [1.29, 1.82) is 0 Å². The molecule has 0 fully saturated rings. The third kappa shape index (κ3) is 5.02. The average Bonchev–Trinajstić information content (AvgIpc) is 3.47. The van der Waals surface area contributed by atoms with Crippen molar-refractivity contribution in [2.75, 3.05) is 12.4 Å². The van der Waals surface area contributed by atoms with Gasteiger partial charge in [-0.2, -0.15) is 0 Å². The first-order valence-corrected chi connectivity index (χ1v) is 12.3. The molecule has 0 spiro atoms. The van der Waals surface area contributed by atoms with E-state index in [0.29, 0.717) is 33.4 Å². The predicted octanol–water partition coefficient (Wildman–Crippen LogP) is 4.71. The van der Waals surface area contributed by atoms with Gasteiger partial charge in [0.05, 0.1) is 48.1 Å². The molecule has 0 saturated heterocycles. The molecule has 10 nitrogen and oxygen atoms in total. The molecule has 38 heavy (non-hydrogen) atoms. The molecule has 1 aliphatic rings. The van der Waals surface area contributed by atoms with Gasteiger partial charge in [0.2, 0.25) is 5.82 Å². The van der Waals surface area contributed by atoms with Gasteiger partial charge in [0, 0.05) is 35.4 Å². The van der Waals surface area contributed by atoms with Crippen LogP contribution in [0.5, 0.6) is 5.75 Å². The van der Waals surface area contributed by atoms with Crippen LogP contribution in [0.1, 0.15) is 49.2 Å². The minimum absolute atomic E-state index is 0.171. The van der Waals surface area contributed by atoms with Gasteiger partial charge >= 0.3 is 0 Å². The number of carbonyl (C=O) groups excluding carboxylic acids is 2. The molecule has 0 aliphatic carbocycles. The summed E-state index contributed by atoms with van der Waals surface area (Å²) in [4.78, 5) is 48.5. The molecule has 4 aromatic heterocycles. The number of hydrogen-bond acceptors (Lipinski definition) is 9. The van der Waals surface area contributed by atoms with Gasteiger partial charge in [0.25, 0.3) is 18.2 Å². The predicted molar refractivity (Wildman–Crippen MR) is 134 cm³/mol. The highest BCUT2D eigenvalue weighted by molar-refractivity contribution is 7.16. The smallest absolute Gasteiger partial charge is 0.292 e. The monoisotopic (exact) mass is 557 g/mol. The molecular formula is C24H18ClF2N7O3S. The Morgan fingerprint density at radius 3 is 2.53 bits per heavy atom. The minimum Gasteiger partial charge on any atom is -0.494 e. The van der Waals surface area contributed by atoms with Gasteiger partial charge in [-0.05, 0) is 19.1 Å². The maximum atomic E-state index is 13.3. The number of fused-ring (bicyclic) bond motifs is 1. The van der Waals surface area contributed by atoms with Gasteiger partial charge in [-0.25, -0.2) is 28.7 Å². The van der Waals surface area contributed by atoms with Gasteiger partial charge in [-0.15, -0.1) is 0 Å². The van der Waals surface area contributed by atoms with Crippen molar-refractivity contribution in [3.05, 3.63) is 75.3 Å². The number of hydrogen-bond donors (Lipinski definition) is 1. The molecular weight excluding hydrogens is 540 g/mol. The van der Waals surface area contributed by atoms with E-state index in [2.05, 4.69) is 30.2 Å². The summed E-state index contributed by atoms with van der Waals surface area (Å²) in [5, 5.41) is 3.40. The van der Waals surface area contributed by atoms with E-state index in [1.165, 1.54) is 35.7 Å². The molecule has 0 atom stereocenters. The number of thiazole rings is 1. The number of aromatic nitrogens is 5. The van der Waals surface area contributed by atoms with Crippen LogP contribution in [0.2, 0.25) is 5.15 Å².